The molecule has 0 saturated carbocycles. The van der Waals surface area contributed by atoms with Gasteiger partial charge in [0, 0.05) is 13.2 Å². The maximum absolute atomic E-state index is 5.38. The molecule has 1 rings (SSSR count). The Morgan fingerprint density at radius 1 is 1.25 bits per heavy atom. The highest BCUT2D eigenvalue weighted by Crippen LogP contribution is 2.08. The van der Waals surface area contributed by atoms with E-state index in [-0.39, 0.29) is 0 Å². The second-order valence-corrected chi connectivity index (χ2v) is 3.66. The summed E-state index contributed by atoms with van der Waals surface area (Å²) in [5.74, 6) is 0. The monoisotopic (exact) mass is 190 g/mol. The van der Waals surface area contributed by atoms with Crippen LogP contribution in [0, 0.1) is 0 Å². The van der Waals surface area contributed by atoms with Gasteiger partial charge in [-0.25, -0.2) is 0 Å². The highest BCUT2D eigenvalue weighted by Gasteiger charge is 2.21. The summed E-state index contributed by atoms with van der Waals surface area (Å²) in [6, 6.07) is 0. The molecule has 1 heterocycles. The van der Waals surface area contributed by atoms with Crippen LogP contribution in [-0.4, -0.2) is 43.0 Å². The van der Waals surface area contributed by atoms with Crippen molar-refractivity contribution in [3.8, 4) is 0 Å². The number of ether oxygens (including phenoxy) is 2. The fraction of sp³-hybridized carbons (Fsp3) is 1.00. The molecule has 1 aliphatic heterocycles. The summed E-state index contributed by atoms with van der Waals surface area (Å²) in [5.41, 5.74) is 0. The topological polar surface area (TPSA) is 31.0 Å². The third-order valence-electron chi connectivity index (χ3n) is 1.84. The van der Waals surface area contributed by atoms with Crippen LogP contribution in [0.3, 0.4) is 0 Å². The molecule has 0 amide bonds. The van der Waals surface area contributed by atoms with Crippen LogP contribution in [0.2, 0.25) is 0 Å². The van der Waals surface area contributed by atoms with Gasteiger partial charge in [0.2, 0.25) is 0 Å². The van der Waals surface area contributed by atoms with E-state index in [1.165, 1.54) is 12.8 Å². The summed E-state index contributed by atoms with van der Waals surface area (Å²) in [7, 11) is 0.867. The molecule has 0 radical (unpaired) electrons. The van der Waals surface area contributed by atoms with Crippen molar-refractivity contribution in [2.24, 2.45) is 0 Å². The van der Waals surface area contributed by atoms with Crippen LogP contribution >= 0.6 is 0 Å². The lowest BCUT2D eigenvalue weighted by Crippen LogP contribution is -2.02. The minimum Gasteiger partial charge on any atom is -0.428 e. The van der Waals surface area contributed by atoms with Gasteiger partial charge >= 0.3 is 0 Å². The Bertz CT molecular complexity index is 106. The SMILES string of the molecule is [SiH3]OCCCCCOCC1CO1. The Hall–Kier alpha value is 0.0969. The van der Waals surface area contributed by atoms with Gasteiger partial charge in [0.25, 0.3) is 0 Å². The molecule has 1 fully saturated rings. The highest BCUT2D eigenvalue weighted by atomic mass is 28.2. The molecule has 4 heteroatoms. The molecular formula is C8H18O3Si. The van der Waals surface area contributed by atoms with Crippen molar-refractivity contribution in [3.05, 3.63) is 0 Å². The van der Waals surface area contributed by atoms with E-state index in [1.807, 2.05) is 0 Å². The normalized spacial score (nSPS) is 21.5. The third-order valence-corrected chi connectivity index (χ3v) is 2.25. The second kappa shape index (κ2) is 6.60. The molecule has 0 N–H and O–H groups in total. The summed E-state index contributed by atoms with van der Waals surface area (Å²) in [5, 5.41) is 0. The maximum atomic E-state index is 5.38. The summed E-state index contributed by atoms with van der Waals surface area (Å²) >= 11 is 0. The van der Waals surface area contributed by atoms with Gasteiger partial charge in [-0.1, -0.05) is 0 Å². The van der Waals surface area contributed by atoms with Crippen molar-refractivity contribution in [2.45, 2.75) is 25.4 Å². The van der Waals surface area contributed by atoms with E-state index >= 15 is 0 Å². The Balaban J connectivity index is 1.65. The molecule has 0 spiro atoms. The molecule has 0 bridgehead atoms. The molecule has 1 atom stereocenters. The van der Waals surface area contributed by atoms with Crippen molar-refractivity contribution >= 4 is 10.5 Å². The van der Waals surface area contributed by atoms with Gasteiger partial charge in [-0.2, -0.15) is 0 Å². The average molecular weight is 190 g/mol. The quantitative estimate of drug-likeness (QED) is 0.303. The van der Waals surface area contributed by atoms with Crippen molar-refractivity contribution < 1.29 is 13.9 Å². The molecule has 3 nitrogen and oxygen atoms in total. The molecule has 1 saturated heterocycles. The lowest BCUT2D eigenvalue weighted by Gasteiger charge is -2.01. The summed E-state index contributed by atoms with van der Waals surface area (Å²) in [6.45, 7) is 3.49. The zero-order valence-electron chi connectivity index (χ0n) is 7.75. The molecule has 0 aromatic heterocycles. The maximum Gasteiger partial charge on any atom is 0.145 e. The van der Waals surface area contributed by atoms with Gasteiger partial charge in [0.05, 0.1) is 13.2 Å². The minimum atomic E-state index is 0.412. The van der Waals surface area contributed by atoms with Crippen molar-refractivity contribution in [2.75, 3.05) is 26.4 Å². The first kappa shape index (κ1) is 10.2. The van der Waals surface area contributed by atoms with Crippen LogP contribution in [0.25, 0.3) is 0 Å². The van der Waals surface area contributed by atoms with E-state index in [9.17, 15) is 0 Å². The summed E-state index contributed by atoms with van der Waals surface area (Å²) < 4.78 is 15.5. The molecule has 12 heavy (non-hydrogen) atoms. The molecule has 0 aliphatic carbocycles. The van der Waals surface area contributed by atoms with Gasteiger partial charge in [0.15, 0.2) is 0 Å². The van der Waals surface area contributed by atoms with Crippen LogP contribution < -0.4 is 0 Å². The number of rotatable bonds is 8. The Labute approximate surface area is 76.9 Å². The number of unbranched alkanes of at least 4 members (excludes halogenated alkanes) is 2. The fourth-order valence-corrected chi connectivity index (χ4v) is 1.30. The Kier molecular flexibility index (Phi) is 5.59. The number of hydrogen-bond acceptors (Lipinski definition) is 3. The van der Waals surface area contributed by atoms with E-state index in [1.54, 1.807) is 0 Å². The molecule has 1 unspecified atom stereocenters. The standard InChI is InChI=1S/C8H18O3Si/c12-11-5-3-1-2-4-9-6-8-7-10-8/h8H,1-7H2,12H3. The van der Waals surface area contributed by atoms with E-state index in [2.05, 4.69) is 0 Å². The molecule has 0 aromatic carbocycles. The lowest BCUT2D eigenvalue weighted by molar-refractivity contribution is 0.112. The van der Waals surface area contributed by atoms with Crippen molar-refractivity contribution in [1.82, 2.24) is 0 Å². The van der Waals surface area contributed by atoms with Crippen LogP contribution in [-0.2, 0) is 13.9 Å². The first-order chi connectivity index (χ1) is 5.93. The van der Waals surface area contributed by atoms with Crippen LogP contribution in [0.5, 0.6) is 0 Å². The van der Waals surface area contributed by atoms with Gasteiger partial charge in [-0.15, -0.1) is 0 Å². The predicted octanol–water partition coefficient (Wildman–Crippen LogP) is -0.131. The number of epoxide rings is 1. The first-order valence-corrected chi connectivity index (χ1v) is 5.43. The van der Waals surface area contributed by atoms with Gasteiger partial charge in [-0.05, 0) is 19.3 Å². The smallest absolute Gasteiger partial charge is 0.145 e. The molecule has 72 valence electrons. The summed E-state index contributed by atoms with van der Waals surface area (Å²) in [6.07, 6.45) is 3.95. The first-order valence-electron chi connectivity index (χ1n) is 4.62. The van der Waals surface area contributed by atoms with Crippen LogP contribution in [0.1, 0.15) is 19.3 Å². The average Bonchev–Trinajstić information content (AvgIpc) is 2.87. The van der Waals surface area contributed by atoms with Gasteiger partial charge in [0.1, 0.15) is 16.6 Å². The fourth-order valence-electron chi connectivity index (χ4n) is 1.01. The van der Waals surface area contributed by atoms with Crippen LogP contribution in [0.15, 0.2) is 0 Å². The molecule has 0 aromatic rings. The van der Waals surface area contributed by atoms with Crippen LogP contribution in [0.4, 0.5) is 0 Å². The second-order valence-electron chi connectivity index (χ2n) is 3.08. The highest BCUT2D eigenvalue weighted by molar-refractivity contribution is 5.97. The largest absolute Gasteiger partial charge is 0.428 e. The minimum absolute atomic E-state index is 0.412. The predicted molar refractivity (Wildman–Crippen MR) is 50.3 cm³/mol. The molecular weight excluding hydrogens is 172 g/mol. The lowest BCUT2D eigenvalue weighted by atomic mass is 10.2. The zero-order chi connectivity index (χ0) is 8.65. The van der Waals surface area contributed by atoms with E-state index in [0.717, 1.165) is 43.3 Å². The van der Waals surface area contributed by atoms with E-state index in [0.29, 0.717) is 6.10 Å². The number of hydrogen-bond donors (Lipinski definition) is 0. The van der Waals surface area contributed by atoms with E-state index < -0.39 is 0 Å². The van der Waals surface area contributed by atoms with Gasteiger partial charge < -0.3 is 13.9 Å². The summed E-state index contributed by atoms with van der Waals surface area (Å²) in [4.78, 5) is 0. The Morgan fingerprint density at radius 3 is 2.67 bits per heavy atom. The van der Waals surface area contributed by atoms with E-state index in [4.69, 9.17) is 13.9 Å². The molecule has 1 aliphatic rings. The van der Waals surface area contributed by atoms with Crippen molar-refractivity contribution in [3.63, 3.8) is 0 Å². The third kappa shape index (κ3) is 5.71. The van der Waals surface area contributed by atoms with Crippen molar-refractivity contribution in [1.29, 1.82) is 0 Å². The Morgan fingerprint density at radius 2 is 2.00 bits per heavy atom. The van der Waals surface area contributed by atoms with Gasteiger partial charge in [-0.3, -0.25) is 0 Å². The zero-order valence-corrected chi connectivity index (χ0v) is 9.75.